The van der Waals surface area contributed by atoms with Crippen LogP contribution < -0.4 is 5.32 Å². The Balaban J connectivity index is 2.14. The Morgan fingerprint density at radius 1 is 1.48 bits per heavy atom. The zero-order valence-corrected chi connectivity index (χ0v) is 12.9. The normalized spacial score (nSPS) is 18.4. The van der Waals surface area contributed by atoms with E-state index in [1.54, 1.807) is 23.1 Å². The van der Waals surface area contributed by atoms with Gasteiger partial charge in [-0.1, -0.05) is 13.0 Å². The zero-order chi connectivity index (χ0) is 15.2. The molecule has 0 spiro atoms. The van der Waals surface area contributed by atoms with Gasteiger partial charge in [0.2, 0.25) is 5.91 Å². The predicted octanol–water partition coefficient (Wildman–Crippen LogP) is 1.34. The van der Waals surface area contributed by atoms with Crippen molar-refractivity contribution in [2.75, 3.05) is 26.3 Å². The minimum absolute atomic E-state index is 0.160. The number of morpholine rings is 1. The molecule has 0 saturated carbocycles. The lowest BCUT2D eigenvalue weighted by molar-refractivity contribution is -0.130. The summed E-state index contributed by atoms with van der Waals surface area (Å²) >= 11 is 4.25. The van der Waals surface area contributed by atoms with Crippen molar-refractivity contribution in [1.82, 2.24) is 10.2 Å². The average molecular weight is 308 g/mol. The van der Waals surface area contributed by atoms with Crippen LogP contribution in [0.25, 0.3) is 0 Å². The Hall–Kier alpha value is -1.53. The molecule has 1 fully saturated rings. The molecular weight excluding hydrogens is 288 g/mol. The minimum atomic E-state index is -0.568. The van der Waals surface area contributed by atoms with Gasteiger partial charge in [0.15, 0.2) is 0 Å². The monoisotopic (exact) mass is 308 g/mol. The second-order valence-electron chi connectivity index (χ2n) is 4.93. The lowest BCUT2D eigenvalue weighted by Crippen LogP contribution is -2.56. The molecule has 114 valence electrons. The highest BCUT2D eigenvalue weighted by Gasteiger charge is 2.33. The van der Waals surface area contributed by atoms with Gasteiger partial charge < -0.3 is 15.0 Å². The highest BCUT2D eigenvalue weighted by molar-refractivity contribution is 7.80. The third-order valence-electron chi connectivity index (χ3n) is 3.33. The topological polar surface area (TPSA) is 58.6 Å². The number of nitrogens with one attached hydrogen (secondary N) is 1. The number of carbonyl (C=O) groups is 2. The van der Waals surface area contributed by atoms with Crippen molar-refractivity contribution in [2.45, 2.75) is 24.3 Å². The van der Waals surface area contributed by atoms with Gasteiger partial charge in [-0.3, -0.25) is 9.59 Å². The highest BCUT2D eigenvalue weighted by atomic mass is 32.1. The van der Waals surface area contributed by atoms with E-state index < -0.39 is 6.04 Å². The number of ether oxygens (including phenoxy) is 1. The molecule has 0 aromatic heterocycles. The standard InChI is InChI=1S/C15H20N2O3S/c1-2-6-16-14(18)13-10-20-8-7-17(13)15(19)11-4-3-5-12(21)9-11/h3-5,9,13,21H,2,6-8,10H2,1H3,(H,16,18). The lowest BCUT2D eigenvalue weighted by Gasteiger charge is -2.34. The van der Waals surface area contributed by atoms with Crippen molar-refractivity contribution in [3.8, 4) is 0 Å². The number of benzene rings is 1. The SMILES string of the molecule is CCCNC(=O)C1COCCN1C(=O)c1cccc(S)c1. The van der Waals surface area contributed by atoms with E-state index in [0.29, 0.717) is 25.3 Å². The summed E-state index contributed by atoms with van der Waals surface area (Å²) in [6, 6.07) is 6.47. The van der Waals surface area contributed by atoms with E-state index in [9.17, 15) is 9.59 Å². The smallest absolute Gasteiger partial charge is 0.254 e. The fourth-order valence-corrected chi connectivity index (χ4v) is 2.46. The third kappa shape index (κ3) is 3.98. The second kappa shape index (κ2) is 7.47. The molecule has 1 aromatic carbocycles. The zero-order valence-electron chi connectivity index (χ0n) is 12.0. The van der Waals surface area contributed by atoms with Gasteiger partial charge in [-0.15, -0.1) is 12.6 Å². The first kappa shape index (κ1) is 15.9. The van der Waals surface area contributed by atoms with Gasteiger partial charge in [0, 0.05) is 23.5 Å². The quantitative estimate of drug-likeness (QED) is 0.825. The van der Waals surface area contributed by atoms with Crippen molar-refractivity contribution in [2.24, 2.45) is 0 Å². The average Bonchev–Trinajstić information content (AvgIpc) is 2.52. The molecule has 1 aromatic rings. The fraction of sp³-hybridized carbons (Fsp3) is 0.467. The maximum Gasteiger partial charge on any atom is 0.254 e. The molecule has 6 heteroatoms. The minimum Gasteiger partial charge on any atom is -0.377 e. The van der Waals surface area contributed by atoms with Crippen molar-refractivity contribution in [1.29, 1.82) is 0 Å². The molecular formula is C15H20N2O3S. The highest BCUT2D eigenvalue weighted by Crippen LogP contribution is 2.15. The molecule has 0 aliphatic carbocycles. The van der Waals surface area contributed by atoms with Gasteiger partial charge in [0.05, 0.1) is 13.2 Å². The van der Waals surface area contributed by atoms with Crippen molar-refractivity contribution >= 4 is 24.4 Å². The number of hydrogen-bond donors (Lipinski definition) is 2. The molecule has 1 heterocycles. The first-order valence-corrected chi connectivity index (χ1v) is 7.53. The Bertz CT molecular complexity index is 521. The van der Waals surface area contributed by atoms with Gasteiger partial charge in [0.1, 0.15) is 6.04 Å². The van der Waals surface area contributed by atoms with Gasteiger partial charge in [0.25, 0.3) is 5.91 Å². The first-order valence-electron chi connectivity index (χ1n) is 7.09. The fourth-order valence-electron chi connectivity index (χ4n) is 2.23. The van der Waals surface area contributed by atoms with Crippen LogP contribution in [0.5, 0.6) is 0 Å². The predicted molar refractivity (Wildman–Crippen MR) is 82.6 cm³/mol. The van der Waals surface area contributed by atoms with Crippen molar-refractivity contribution in [3.63, 3.8) is 0 Å². The number of rotatable bonds is 4. The number of nitrogens with zero attached hydrogens (tertiary/aromatic N) is 1. The van der Waals surface area contributed by atoms with E-state index in [2.05, 4.69) is 17.9 Å². The summed E-state index contributed by atoms with van der Waals surface area (Å²) in [7, 11) is 0. The molecule has 21 heavy (non-hydrogen) atoms. The summed E-state index contributed by atoms with van der Waals surface area (Å²) in [5, 5.41) is 2.82. The molecule has 1 saturated heterocycles. The molecule has 1 unspecified atom stereocenters. The maximum atomic E-state index is 12.6. The summed E-state index contributed by atoms with van der Waals surface area (Å²) in [6.45, 7) is 3.69. The molecule has 2 amide bonds. The van der Waals surface area contributed by atoms with Crippen LogP contribution in [0, 0.1) is 0 Å². The summed E-state index contributed by atoms with van der Waals surface area (Å²) < 4.78 is 5.35. The van der Waals surface area contributed by atoms with Crippen LogP contribution in [-0.2, 0) is 9.53 Å². The van der Waals surface area contributed by atoms with E-state index in [4.69, 9.17) is 4.74 Å². The van der Waals surface area contributed by atoms with Crippen LogP contribution in [0.2, 0.25) is 0 Å². The molecule has 2 rings (SSSR count). The van der Waals surface area contributed by atoms with Gasteiger partial charge in [-0.25, -0.2) is 0 Å². The van der Waals surface area contributed by atoms with E-state index in [1.807, 2.05) is 13.0 Å². The van der Waals surface area contributed by atoms with Crippen LogP contribution in [0.1, 0.15) is 23.7 Å². The molecule has 5 nitrogen and oxygen atoms in total. The summed E-state index contributed by atoms with van der Waals surface area (Å²) in [6.07, 6.45) is 0.856. The Labute approximate surface area is 130 Å². The van der Waals surface area contributed by atoms with Gasteiger partial charge in [-0.2, -0.15) is 0 Å². The molecule has 0 radical (unpaired) electrons. The number of carbonyl (C=O) groups excluding carboxylic acids is 2. The van der Waals surface area contributed by atoms with Crippen LogP contribution in [0.3, 0.4) is 0 Å². The van der Waals surface area contributed by atoms with Crippen LogP contribution in [0.4, 0.5) is 0 Å². The maximum absolute atomic E-state index is 12.6. The largest absolute Gasteiger partial charge is 0.377 e. The Morgan fingerprint density at radius 3 is 3.00 bits per heavy atom. The Kier molecular flexibility index (Phi) is 5.64. The third-order valence-corrected chi connectivity index (χ3v) is 3.61. The number of amides is 2. The van der Waals surface area contributed by atoms with Gasteiger partial charge >= 0.3 is 0 Å². The van der Waals surface area contributed by atoms with E-state index in [-0.39, 0.29) is 18.4 Å². The number of hydrogen-bond acceptors (Lipinski definition) is 4. The van der Waals surface area contributed by atoms with E-state index in [0.717, 1.165) is 11.3 Å². The van der Waals surface area contributed by atoms with Crippen LogP contribution in [0.15, 0.2) is 29.2 Å². The van der Waals surface area contributed by atoms with Crippen LogP contribution >= 0.6 is 12.6 Å². The summed E-state index contributed by atoms with van der Waals surface area (Å²) in [4.78, 5) is 27.1. The molecule has 0 bridgehead atoms. The molecule has 1 aliphatic rings. The summed E-state index contributed by atoms with van der Waals surface area (Å²) in [5.74, 6) is -0.322. The Morgan fingerprint density at radius 2 is 2.29 bits per heavy atom. The molecule has 1 N–H and O–H groups in total. The second-order valence-corrected chi connectivity index (χ2v) is 5.45. The summed E-state index contributed by atoms with van der Waals surface area (Å²) in [5.41, 5.74) is 0.540. The number of thiol groups is 1. The molecule has 1 atom stereocenters. The van der Waals surface area contributed by atoms with Gasteiger partial charge in [-0.05, 0) is 24.6 Å². The van der Waals surface area contributed by atoms with Crippen LogP contribution in [-0.4, -0.2) is 49.1 Å². The van der Waals surface area contributed by atoms with E-state index in [1.165, 1.54) is 0 Å². The molecule has 1 aliphatic heterocycles. The lowest BCUT2D eigenvalue weighted by atomic mass is 10.1. The van der Waals surface area contributed by atoms with Crippen molar-refractivity contribution in [3.05, 3.63) is 29.8 Å². The van der Waals surface area contributed by atoms with E-state index >= 15 is 0 Å². The van der Waals surface area contributed by atoms with Crippen molar-refractivity contribution < 1.29 is 14.3 Å². The first-order chi connectivity index (χ1) is 10.1.